The van der Waals surface area contributed by atoms with E-state index in [0.717, 1.165) is 0 Å². The lowest BCUT2D eigenvalue weighted by Gasteiger charge is -2.27. The fourth-order valence-electron chi connectivity index (χ4n) is 6.31. The summed E-state index contributed by atoms with van der Waals surface area (Å²) in [5.74, 6) is 0.190. The van der Waals surface area contributed by atoms with Crippen molar-refractivity contribution in [1.82, 2.24) is 12.9 Å². The van der Waals surface area contributed by atoms with Crippen molar-refractivity contribution in [1.29, 1.82) is 0 Å². The Morgan fingerprint density at radius 3 is 0.944 bits per heavy atom. The predicted molar refractivity (Wildman–Crippen MR) is 204 cm³/mol. The summed E-state index contributed by atoms with van der Waals surface area (Å²) in [4.78, 5) is -0.694. The molecule has 0 unspecified atom stereocenters. The van der Waals surface area contributed by atoms with E-state index < -0.39 is 30.1 Å². The number of hydrogen-bond acceptors (Lipinski definition) is 13. The Hall–Kier alpha value is -2.79. The molecule has 0 radical (unpaired) electrons. The summed E-state index contributed by atoms with van der Waals surface area (Å²) in [6.45, 7) is 0.314. The Kier molecular flexibility index (Phi) is 15.8. The van der Waals surface area contributed by atoms with Crippen LogP contribution in [0.15, 0.2) is 51.1 Å². The van der Waals surface area contributed by atoms with Gasteiger partial charge in [-0.25, -0.2) is 25.3 Å². The van der Waals surface area contributed by atoms with Gasteiger partial charge in [0.05, 0.1) is 61.4 Å². The lowest BCUT2D eigenvalue weighted by atomic mass is 9.93. The van der Waals surface area contributed by atoms with E-state index in [2.05, 4.69) is 0 Å². The van der Waals surface area contributed by atoms with Crippen LogP contribution in [0.1, 0.15) is 0 Å². The quantitative estimate of drug-likeness (QED) is 0.0893. The monoisotopic (exact) mass is 817 g/mol. The van der Waals surface area contributed by atoms with Crippen LogP contribution in [-0.4, -0.2) is 167 Å². The highest BCUT2D eigenvalue weighted by molar-refractivity contribution is 7.90. The Labute approximate surface area is 318 Å². The molecule has 0 saturated heterocycles. The maximum absolute atomic E-state index is 14.7. The molecular weight excluding hydrogens is 767 g/mol. The predicted octanol–water partition coefficient (Wildman–Crippen LogP) is 2.44. The molecule has 54 heavy (non-hydrogen) atoms. The summed E-state index contributed by atoms with van der Waals surface area (Å²) in [6.07, 6.45) is 0. The van der Waals surface area contributed by atoms with Gasteiger partial charge in [0.15, 0.2) is 0 Å². The first-order valence-electron chi connectivity index (χ1n) is 17.1. The number of hydrogen-bond donors (Lipinski definition) is 0. The van der Waals surface area contributed by atoms with Crippen LogP contribution in [0.3, 0.4) is 0 Å². The third kappa shape index (κ3) is 8.92. The van der Waals surface area contributed by atoms with E-state index in [1.807, 2.05) is 0 Å². The van der Waals surface area contributed by atoms with E-state index in [1.165, 1.54) is 80.9 Å². The van der Waals surface area contributed by atoms with E-state index >= 15 is 0 Å². The normalized spacial score (nSPS) is 13.1. The molecule has 16 nitrogen and oxygen atoms in total. The first-order valence-corrected chi connectivity index (χ1v) is 21.4. The number of rotatable bonds is 25. The van der Waals surface area contributed by atoms with Crippen LogP contribution in [0.2, 0.25) is 0 Å². The SMILES string of the molecule is COCCN(CCOC)S(=O)(=O)c1cc(OC)c2ccc3c(S(=O)(=O)N(CCOC)CCOC)cc(S(=O)(=O)N(CCOC)CCOC)c4ccc1c2c34. The van der Waals surface area contributed by atoms with Crippen molar-refractivity contribution in [3.8, 4) is 5.75 Å². The van der Waals surface area contributed by atoms with Crippen LogP contribution < -0.4 is 4.74 Å². The zero-order chi connectivity index (χ0) is 39.7. The van der Waals surface area contributed by atoms with Gasteiger partial charge in [-0.15, -0.1) is 0 Å². The van der Waals surface area contributed by atoms with Crippen LogP contribution in [-0.2, 0) is 58.5 Å². The van der Waals surface area contributed by atoms with E-state index in [1.54, 1.807) is 18.2 Å². The minimum Gasteiger partial charge on any atom is -0.496 e. The van der Waals surface area contributed by atoms with Gasteiger partial charge in [-0.05, 0) is 12.1 Å². The Morgan fingerprint density at radius 2 is 0.667 bits per heavy atom. The van der Waals surface area contributed by atoms with E-state index in [9.17, 15) is 25.3 Å². The fourth-order valence-corrected chi connectivity index (χ4v) is 11.2. The second kappa shape index (κ2) is 19.4. The van der Waals surface area contributed by atoms with Crippen LogP contribution in [0, 0.1) is 0 Å². The van der Waals surface area contributed by atoms with E-state index in [0.29, 0.717) is 10.8 Å². The van der Waals surface area contributed by atoms with Gasteiger partial charge in [-0.1, -0.05) is 18.2 Å². The van der Waals surface area contributed by atoms with Gasteiger partial charge in [-0.2, -0.15) is 12.9 Å². The maximum atomic E-state index is 14.7. The van der Waals surface area contributed by atoms with Gasteiger partial charge in [0.25, 0.3) is 0 Å². The molecule has 4 aromatic carbocycles. The molecule has 0 aliphatic heterocycles. The molecule has 0 N–H and O–H groups in total. The Balaban J connectivity index is 2.22. The molecule has 0 bridgehead atoms. The van der Waals surface area contributed by atoms with Gasteiger partial charge < -0.3 is 33.2 Å². The molecule has 19 heteroatoms. The topological polar surface area (TPSA) is 177 Å². The number of ether oxygens (including phenoxy) is 7. The summed E-state index contributed by atoms with van der Waals surface area (Å²) in [5.41, 5.74) is 0. The molecule has 0 aromatic heterocycles. The molecule has 0 saturated carbocycles. The van der Waals surface area contributed by atoms with Gasteiger partial charge in [0.1, 0.15) is 5.75 Å². The third-order valence-electron chi connectivity index (χ3n) is 9.09. The van der Waals surface area contributed by atoms with Gasteiger partial charge >= 0.3 is 0 Å². The van der Waals surface area contributed by atoms with Crippen LogP contribution in [0.5, 0.6) is 5.75 Å². The van der Waals surface area contributed by atoms with Crippen molar-refractivity contribution >= 4 is 62.4 Å². The van der Waals surface area contributed by atoms with Crippen molar-refractivity contribution < 1.29 is 58.4 Å². The summed E-state index contributed by atoms with van der Waals surface area (Å²) in [6, 6.07) is 8.91. The van der Waals surface area contributed by atoms with Gasteiger partial charge in [-0.3, -0.25) is 0 Å². The van der Waals surface area contributed by atoms with Gasteiger partial charge in [0.2, 0.25) is 30.1 Å². The van der Waals surface area contributed by atoms with Crippen LogP contribution in [0.4, 0.5) is 0 Å². The molecule has 302 valence electrons. The Morgan fingerprint density at radius 1 is 0.407 bits per heavy atom. The van der Waals surface area contributed by atoms with E-state index in [4.69, 9.17) is 33.2 Å². The molecule has 0 amide bonds. The first kappa shape index (κ1) is 43.9. The molecule has 0 fully saturated rings. The number of benzene rings is 4. The summed E-state index contributed by atoms with van der Waals surface area (Å²) in [7, 11) is -3.04. The smallest absolute Gasteiger partial charge is 0.243 e. The lowest BCUT2D eigenvalue weighted by Crippen LogP contribution is -2.38. The summed E-state index contributed by atoms with van der Waals surface area (Å²) >= 11 is 0. The number of sulfonamides is 3. The zero-order valence-corrected chi connectivity index (χ0v) is 34.3. The molecule has 0 aliphatic rings. The van der Waals surface area contributed by atoms with E-state index in [-0.39, 0.29) is 121 Å². The standard InChI is InChI=1S/C35H51N3O13S3/c1-45-18-12-36(13-19-46-2)52(39,40)31-24-30(51-7)26-8-9-28-32(53(41,42)37(14-20-47-3)15-21-48-4)25-33(29-11-10-27(31)34(26)35(28)29)54(43,44)38(16-22-49-5)17-23-50-6/h8-11,24-25H,12-23H2,1-7H3. The largest absolute Gasteiger partial charge is 0.496 e. The Bertz CT molecular complexity index is 2090. The van der Waals surface area contributed by atoms with Crippen molar-refractivity contribution in [3.63, 3.8) is 0 Å². The fraction of sp³-hybridized carbons (Fsp3) is 0.543. The highest BCUT2D eigenvalue weighted by Gasteiger charge is 2.35. The minimum atomic E-state index is -4.45. The number of nitrogens with zero attached hydrogens (tertiary/aromatic N) is 3. The second-order valence-electron chi connectivity index (χ2n) is 12.2. The highest BCUT2D eigenvalue weighted by atomic mass is 32.2. The maximum Gasteiger partial charge on any atom is 0.243 e. The minimum absolute atomic E-state index is 0.0227. The van der Waals surface area contributed by atoms with Gasteiger partial charge in [0, 0.05) is 120 Å². The molecule has 0 aliphatic carbocycles. The van der Waals surface area contributed by atoms with Crippen molar-refractivity contribution in [3.05, 3.63) is 36.4 Å². The lowest BCUT2D eigenvalue weighted by molar-refractivity contribution is 0.150. The molecule has 0 spiro atoms. The third-order valence-corrected chi connectivity index (χ3v) is 14.9. The van der Waals surface area contributed by atoms with Crippen molar-refractivity contribution in [2.45, 2.75) is 14.7 Å². The summed E-state index contributed by atoms with van der Waals surface area (Å²) in [5, 5.41) is 1.62. The molecule has 4 aromatic rings. The van der Waals surface area contributed by atoms with Crippen LogP contribution >= 0.6 is 0 Å². The molecular formula is C35H51N3O13S3. The molecule has 4 rings (SSSR count). The number of methoxy groups -OCH3 is 7. The first-order chi connectivity index (χ1) is 25.8. The molecule has 0 atom stereocenters. The average molecular weight is 818 g/mol. The summed E-state index contributed by atoms with van der Waals surface area (Å²) < 4.78 is 129. The van der Waals surface area contributed by atoms with Crippen molar-refractivity contribution in [2.24, 2.45) is 0 Å². The highest BCUT2D eigenvalue weighted by Crippen LogP contribution is 2.46. The molecule has 0 heterocycles. The van der Waals surface area contributed by atoms with Crippen LogP contribution in [0.25, 0.3) is 32.3 Å². The van der Waals surface area contributed by atoms with Crippen molar-refractivity contribution in [2.75, 3.05) is 129 Å². The average Bonchev–Trinajstić information content (AvgIpc) is 3.16. The zero-order valence-electron chi connectivity index (χ0n) is 31.8. The second-order valence-corrected chi connectivity index (χ2v) is 17.9.